The molecule has 0 aliphatic carbocycles. The van der Waals surface area contributed by atoms with E-state index in [2.05, 4.69) is 61.3 Å². The molecule has 19 heavy (non-hydrogen) atoms. The average molecular weight is 260 g/mol. The third-order valence-corrected chi connectivity index (χ3v) is 3.92. The van der Waals surface area contributed by atoms with E-state index in [4.69, 9.17) is 0 Å². The first kappa shape index (κ1) is 14.4. The summed E-state index contributed by atoms with van der Waals surface area (Å²) in [5.74, 6) is 0. The fourth-order valence-electron chi connectivity index (χ4n) is 2.63. The monoisotopic (exact) mass is 260 g/mol. The van der Waals surface area contributed by atoms with Crippen LogP contribution in [0.2, 0.25) is 0 Å². The summed E-state index contributed by atoms with van der Waals surface area (Å²) < 4.78 is 0. The molecule has 2 heteroatoms. The van der Waals surface area contributed by atoms with Gasteiger partial charge in [0.1, 0.15) is 0 Å². The van der Waals surface area contributed by atoms with Gasteiger partial charge in [-0.15, -0.1) is 0 Å². The van der Waals surface area contributed by atoms with Crippen molar-refractivity contribution in [3.8, 4) is 0 Å². The van der Waals surface area contributed by atoms with Gasteiger partial charge in [0.05, 0.1) is 0 Å². The van der Waals surface area contributed by atoms with E-state index in [9.17, 15) is 0 Å². The van der Waals surface area contributed by atoms with Crippen LogP contribution in [0.3, 0.4) is 0 Å². The second-order valence-electron chi connectivity index (χ2n) is 6.86. The van der Waals surface area contributed by atoms with Gasteiger partial charge in [-0.1, -0.05) is 39.0 Å². The number of para-hydroxylation sites is 1. The van der Waals surface area contributed by atoms with Crippen LogP contribution in [0.1, 0.15) is 40.0 Å². The average Bonchev–Trinajstić information content (AvgIpc) is 2.39. The molecule has 1 N–H and O–H groups in total. The second kappa shape index (κ2) is 6.42. The second-order valence-corrected chi connectivity index (χ2v) is 6.86. The van der Waals surface area contributed by atoms with E-state index >= 15 is 0 Å². The van der Waals surface area contributed by atoms with Crippen molar-refractivity contribution in [2.75, 3.05) is 24.5 Å². The molecule has 2 nitrogen and oxygen atoms in total. The van der Waals surface area contributed by atoms with Gasteiger partial charge in [0.25, 0.3) is 0 Å². The quantitative estimate of drug-likeness (QED) is 0.888. The molecule has 2 rings (SSSR count). The van der Waals surface area contributed by atoms with E-state index in [0.717, 1.165) is 6.54 Å². The number of anilines is 1. The standard InChI is InChI=1S/C17H28N2/c1-17(2,3)11-12-18-15-9-13-19(14-10-15)16-7-5-4-6-8-16/h4-8,15,18H,9-14H2,1-3H3. The lowest BCUT2D eigenvalue weighted by atomic mass is 9.92. The van der Waals surface area contributed by atoms with Gasteiger partial charge in [-0.2, -0.15) is 0 Å². The molecule has 0 spiro atoms. The predicted octanol–water partition coefficient (Wildman–Crippen LogP) is 3.68. The maximum atomic E-state index is 3.72. The summed E-state index contributed by atoms with van der Waals surface area (Å²) >= 11 is 0. The summed E-state index contributed by atoms with van der Waals surface area (Å²) in [6, 6.07) is 11.5. The van der Waals surface area contributed by atoms with Crippen LogP contribution < -0.4 is 10.2 Å². The van der Waals surface area contributed by atoms with Crippen molar-refractivity contribution in [2.45, 2.75) is 46.1 Å². The lowest BCUT2D eigenvalue weighted by Crippen LogP contribution is -2.43. The maximum Gasteiger partial charge on any atom is 0.0366 e. The highest BCUT2D eigenvalue weighted by Gasteiger charge is 2.19. The number of rotatable bonds is 4. The van der Waals surface area contributed by atoms with Crippen LogP contribution >= 0.6 is 0 Å². The summed E-state index contributed by atoms with van der Waals surface area (Å²) in [5, 5.41) is 3.72. The fraction of sp³-hybridized carbons (Fsp3) is 0.647. The Hall–Kier alpha value is -1.02. The molecule has 0 radical (unpaired) electrons. The Balaban J connectivity index is 1.71. The van der Waals surface area contributed by atoms with E-state index in [1.807, 2.05) is 0 Å². The fourth-order valence-corrected chi connectivity index (χ4v) is 2.63. The van der Waals surface area contributed by atoms with E-state index in [1.165, 1.54) is 38.0 Å². The van der Waals surface area contributed by atoms with Gasteiger partial charge in [-0.25, -0.2) is 0 Å². The van der Waals surface area contributed by atoms with Gasteiger partial charge in [-0.3, -0.25) is 0 Å². The molecule has 106 valence electrons. The Morgan fingerprint density at radius 1 is 1.11 bits per heavy atom. The van der Waals surface area contributed by atoms with Gasteiger partial charge in [0, 0.05) is 24.8 Å². The summed E-state index contributed by atoms with van der Waals surface area (Å²) in [4.78, 5) is 2.50. The molecule has 1 aliphatic rings. The van der Waals surface area contributed by atoms with Crippen LogP contribution in [-0.4, -0.2) is 25.7 Å². The Kier molecular flexibility index (Phi) is 4.87. The Morgan fingerprint density at radius 2 is 1.74 bits per heavy atom. The highest BCUT2D eigenvalue weighted by Crippen LogP contribution is 2.20. The molecule has 0 atom stereocenters. The van der Waals surface area contributed by atoms with Crippen LogP contribution in [0.25, 0.3) is 0 Å². The minimum Gasteiger partial charge on any atom is -0.371 e. The number of hydrogen-bond acceptors (Lipinski definition) is 2. The first-order valence-electron chi connectivity index (χ1n) is 7.58. The molecule has 1 saturated heterocycles. The summed E-state index contributed by atoms with van der Waals surface area (Å²) in [6.45, 7) is 10.4. The zero-order valence-electron chi connectivity index (χ0n) is 12.7. The molecule has 1 heterocycles. The predicted molar refractivity (Wildman–Crippen MR) is 83.8 cm³/mol. The third-order valence-electron chi connectivity index (χ3n) is 3.92. The Bertz CT molecular complexity index is 359. The van der Waals surface area contributed by atoms with Gasteiger partial charge < -0.3 is 10.2 Å². The lowest BCUT2D eigenvalue weighted by Gasteiger charge is -2.34. The van der Waals surface area contributed by atoms with Crippen LogP contribution in [0.4, 0.5) is 5.69 Å². The van der Waals surface area contributed by atoms with Crippen molar-refractivity contribution in [3.63, 3.8) is 0 Å². The van der Waals surface area contributed by atoms with Gasteiger partial charge >= 0.3 is 0 Å². The van der Waals surface area contributed by atoms with Crippen LogP contribution in [0, 0.1) is 5.41 Å². The number of nitrogens with one attached hydrogen (secondary N) is 1. The smallest absolute Gasteiger partial charge is 0.0366 e. The van der Waals surface area contributed by atoms with Crippen molar-refractivity contribution in [3.05, 3.63) is 30.3 Å². The highest BCUT2D eigenvalue weighted by molar-refractivity contribution is 5.46. The zero-order chi connectivity index (χ0) is 13.7. The van der Waals surface area contributed by atoms with E-state index < -0.39 is 0 Å². The topological polar surface area (TPSA) is 15.3 Å². The molecule has 1 aromatic rings. The molecule has 0 aromatic heterocycles. The van der Waals surface area contributed by atoms with Crippen molar-refractivity contribution in [1.29, 1.82) is 0 Å². The lowest BCUT2D eigenvalue weighted by molar-refractivity contribution is 0.337. The molecule has 1 aromatic carbocycles. The normalized spacial score (nSPS) is 17.7. The van der Waals surface area contributed by atoms with Crippen molar-refractivity contribution in [2.24, 2.45) is 5.41 Å². The van der Waals surface area contributed by atoms with Gasteiger partial charge in [-0.05, 0) is 43.4 Å². The van der Waals surface area contributed by atoms with Crippen molar-refractivity contribution in [1.82, 2.24) is 5.32 Å². The number of benzene rings is 1. The zero-order valence-corrected chi connectivity index (χ0v) is 12.7. The largest absolute Gasteiger partial charge is 0.371 e. The van der Waals surface area contributed by atoms with E-state index in [0.29, 0.717) is 11.5 Å². The molecule has 1 fully saturated rings. The minimum absolute atomic E-state index is 0.442. The minimum atomic E-state index is 0.442. The van der Waals surface area contributed by atoms with Crippen LogP contribution in [-0.2, 0) is 0 Å². The molecule has 0 unspecified atom stereocenters. The Morgan fingerprint density at radius 3 is 2.32 bits per heavy atom. The molecule has 0 bridgehead atoms. The van der Waals surface area contributed by atoms with Gasteiger partial charge in [0.2, 0.25) is 0 Å². The third kappa shape index (κ3) is 4.87. The van der Waals surface area contributed by atoms with Crippen molar-refractivity contribution < 1.29 is 0 Å². The van der Waals surface area contributed by atoms with Crippen LogP contribution in [0.5, 0.6) is 0 Å². The number of piperidine rings is 1. The first-order chi connectivity index (χ1) is 9.04. The van der Waals surface area contributed by atoms with Gasteiger partial charge in [0.15, 0.2) is 0 Å². The molecule has 0 saturated carbocycles. The SMILES string of the molecule is CC(C)(C)CCNC1CCN(c2ccccc2)CC1. The molecular formula is C17H28N2. The first-order valence-corrected chi connectivity index (χ1v) is 7.58. The molecular weight excluding hydrogens is 232 g/mol. The maximum absolute atomic E-state index is 3.72. The van der Waals surface area contributed by atoms with E-state index in [1.54, 1.807) is 0 Å². The summed E-state index contributed by atoms with van der Waals surface area (Å²) in [6.07, 6.45) is 3.78. The molecule has 1 aliphatic heterocycles. The van der Waals surface area contributed by atoms with E-state index in [-0.39, 0.29) is 0 Å². The van der Waals surface area contributed by atoms with Crippen molar-refractivity contribution >= 4 is 5.69 Å². The number of nitrogens with zero attached hydrogens (tertiary/aromatic N) is 1. The number of hydrogen-bond donors (Lipinski definition) is 1. The van der Waals surface area contributed by atoms with Crippen LogP contribution in [0.15, 0.2) is 30.3 Å². The Labute approximate surface area is 118 Å². The summed E-state index contributed by atoms with van der Waals surface area (Å²) in [7, 11) is 0. The summed E-state index contributed by atoms with van der Waals surface area (Å²) in [5.41, 5.74) is 1.81. The highest BCUT2D eigenvalue weighted by atomic mass is 15.1. The molecule has 0 amide bonds.